The molecule has 0 atom stereocenters. The van der Waals surface area contributed by atoms with Crippen molar-refractivity contribution in [3.05, 3.63) is 0 Å². The Bertz CT molecular complexity index is 190. The number of hydrogen-bond acceptors (Lipinski definition) is 1. The first-order valence-corrected chi connectivity index (χ1v) is 3.65. The van der Waals surface area contributed by atoms with Gasteiger partial charge < -0.3 is 5.11 Å². The molecule has 0 radical (unpaired) electrons. The average molecular weight is 166 g/mol. The molecule has 64 valence electrons. The zero-order chi connectivity index (χ0) is 8.33. The predicted molar refractivity (Wildman–Crippen MR) is 31.9 cm³/mol. The van der Waals surface area contributed by atoms with E-state index in [9.17, 15) is 13.2 Å². The van der Waals surface area contributed by atoms with Crippen LogP contribution in [0.15, 0.2) is 0 Å². The highest BCUT2D eigenvalue weighted by atomic mass is 19.4. The highest BCUT2D eigenvalue weighted by Gasteiger charge is 2.92. The zero-order valence-electron chi connectivity index (χ0n) is 5.91. The van der Waals surface area contributed by atoms with Gasteiger partial charge in [0.25, 0.3) is 0 Å². The van der Waals surface area contributed by atoms with Crippen molar-refractivity contribution in [1.82, 2.24) is 0 Å². The molecular formula is C7H9F3O. The fourth-order valence-electron chi connectivity index (χ4n) is 2.15. The number of alkyl halides is 3. The summed E-state index contributed by atoms with van der Waals surface area (Å²) in [6.07, 6.45) is -3.19. The maximum Gasteiger partial charge on any atom is 0.395 e. The van der Waals surface area contributed by atoms with Gasteiger partial charge in [-0.3, -0.25) is 0 Å². The van der Waals surface area contributed by atoms with Gasteiger partial charge in [-0.2, -0.15) is 13.2 Å². The molecule has 2 fully saturated rings. The van der Waals surface area contributed by atoms with Crippen molar-refractivity contribution < 1.29 is 18.3 Å². The first-order valence-electron chi connectivity index (χ1n) is 3.65. The first kappa shape index (κ1) is 7.40. The Morgan fingerprint density at radius 1 is 1.27 bits per heavy atom. The number of rotatable bonds is 2. The van der Waals surface area contributed by atoms with Crippen LogP contribution in [0.25, 0.3) is 0 Å². The maximum absolute atomic E-state index is 12.2. The lowest BCUT2D eigenvalue weighted by Crippen LogP contribution is -2.16. The van der Waals surface area contributed by atoms with Crippen LogP contribution in [0.1, 0.15) is 19.3 Å². The number of aliphatic hydroxyl groups excluding tert-OH is 1. The SMILES string of the molecule is OCCC12CC1(C(F)(F)F)C2. The van der Waals surface area contributed by atoms with Gasteiger partial charge in [-0.15, -0.1) is 0 Å². The van der Waals surface area contributed by atoms with E-state index in [1.807, 2.05) is 0 Å². The number of fused-ring (bicyclic) bond motifs is 1. The van der Waals surface area contributed by atoms with Gasteiger partial charge in [-0.1, -0.05) is 0 Å². The second-order valence-corrected chi connectivity index (χ2v) is 3.69. The van der Waals surface area contributed by atoms with Crippen molar-refractivity contribution in [2.45, 2.75) is 25.4 Å². The molecule has 0 saturated heterocycles. The Morgan fingerprint density at radius 3 is 2.09 bits per heavy atom. The van der Waals surface area contributed by atoms with Crippen LogP contribution in [0.2, 0.25) is 0 Å². The largest absolute Gasteiger partial charge is 0.396 e. The molecule has 4 heteroatoms. The summed E-state index contributed by atoms with van der Waals surface area (Å²) in [5.74, 6) is 0. The van der Waals surface area contributed by atoms with Crippen molar-refractivity contribution in [3.63, 3.8) is 0 Å². The molecule has 2 rings (SSSR count). The molecule has 0 aromatic rings. The van der Waals surface area contributed by atoms with Gasteiger partial charge in [-0.05, 0) is 24.7 Å². The van der Waals surface area contributed by atoms with Crippen LogP contribution in [0.4, 0.5) is 13.2 Å². The van der Waals surface area contributed by atoms with Crippen molar-refractivity contribution >= 4 is 0 Å². The Kier molecular flexibility index (Phi) is 1.06. The second-order valence-electron chi connectivity index (χ2n) is 3.69. The number of aliphatic hydroxyl groups is 1. The summed E-state index contributed by atoms with van der Waals surface area (Å²) in [6, 6.07) is 0. The molecule has 0 heterocycles. The summed E-state index contributed by atoms with van der Waals surface area (Å²) in [5, 5.41) is 8.48. The summed E-state index contributed by atoms with van der Waals surface area (Å²) in [4.78, 5) is 0. The molecule has 11 heavy (non-hydrogen) atoms. The van der Waals surface area contributed by atoms with Crippen LogP contribution >= 0.6 is 0 Å². The van der Waals surface area contributed by atoms with Gasteiger partial charge in [0.05, 0.1) is 5.41 Å². The molecule has 0 bridgehead atoms. The third-order valence-corrected chi connectivity index (χ3v) is 3.18. The highest BCUT2D eigenvalue weighted by molar-refractivity contribution is 5.33. The molecule has 2 saturated carbocycles. The Labute approximate surface area is 62.2 Å². The summed E-state index contributed by atoms with van der Waals surface area (Å²) in [5.41, 5.74) is -1.89. The molecule has 1 N–H and O–H groups in total. The van der Waals surface area contributed by atoms with E-state index in [0.29, 0.717) is 6.42 Å². The first-order chi connectivity index (χ1) is 4.97. The van der Waals surface area contributed by atoms with Crippen LogP contribution in [0.3, 0.4) is 0 Å². The standard InChI is InChI=1S/C7H9F3O/c8-7(9,10)6-3-5(6,4-6)1-2-11/h11H,1-4H2. The smallest absolute Gasteiger partial charge is 0.395 e. The fourth-order valence-corrected chi connectivity index (χ4v) is 2.15. The normalized spacial score (nSPS) is 46.9. The summed E-state index contributed by atoms with van der Waals surface area (Å²) in [6.45, 7) is -0.113. The van der Waals surface area contributed by atoms with E-state index in [0.717, 1.165) is 0 Å². The number of halogens is 3. The van der Waals surface area contributed by atoms with Gasteiger partial charge in [0.2, 0.25) is 0 Å². The Morgan fingerprint density at radius 2 is 1.82 bits per heavy atom. The second kappa shape index (κ2) is 1.58. The molecule has 0 aromatic heterocycles. The van der Waals surface area contributed by atoms with E-state index in [4.69, 9.17) is 5.11 Å². The van der Waals surface area contributed by atoms with E-state index in [-0.39, 0.29) is 19.4 Å². The third-order valence-electron chi connectivity index (χ3n) is 3.18. The van der Waals surface area contributed by atoms with Crippen LogP contribution in [0, 0.1) is 10.8 Å². The van der Waals surface area contributed by atoms with Crippen LogP contribution in [0.5, 0.6) is 0 Å². The lowest BCUT2D eigenvalue weighted by molar-refractivity contribution is -0.168. The molecule has 0 aliphatic heterocycles. The van der Waals surface area contributed by atoms with E-state index in [1.54, 1.807) is 0 Å². The monoisotopic (exact) mass is 166 g/mol. The summed E-state index contributed by atoms with van der Waals surface area (Å²) < 4.78 is 36.5. The highest BCUT2D eigenvalue weighted by Crippen LogP contribution is 2.92. The molecule has 2 aliphatic rings. The van der Waals surface area contributed by atoms with Gasteiger partial charge in [0.15, 0.2) is 0 Å². The fraction of sp³-hybridized carbons (Fsp3) is 1.00. The molecular weight excluding hydrogens is 157 g/mol. The van der Waals surface area contributed by atoms with Crippen molar-refractivity contribution in [1.29, 1.82) is 0 Å². The molecule has 0 amide bonds. The summed E-state index contributed by atoms with van der Waals surface area (Å²) in [7, 11) is 0. The molecule has 0 unspecified atom stereocenters. The van der Waals surface area contributed by atoms with Gasteiger partial charge in [-0.25, -0.2) is 0 Å². The van der Waals surface area contributed by atoms with Crippen molar-refractivity contribution in [3.8, 4) is 0 Å². The van der Waals surface area contributed by atoms with Crippen LogP contribution in [-0.2, 0) is 0 Å². The van der Waals surface area contributed by atoms with Gasteiger partial charge >= 0.3 is 6.18 Å². The molecule has 2 aliphatic carbocycles. The quantitative estimate of drug-likeness (QED) is 0.662. The molecule has 0 spiro atoms. The maximum atomic E-state index is 12.2. The molecule has 0 aromatic carbocycles. The molecule has 1 nitrogen and oxygen atoms in total. The topological polar surface area (TPSA) is 20.2 Å². The van der Waals surface area contributed by atoms with Crippen molar-refractivity contribution in [2.24, 2.45) is 10.8 Å². The minimum absolute atomic E-state index is 0.113. The lowest BCUT2D eigenvalue weighted by atomic mass is 10.1. The minimum Gasteiger partial charge on any atom is -0.396 e. The van der Waals surface area contributed by atoms with Gasteiger partial charge in [0, 0.05) is 6.61 Å². The van der Waals surface area contributed by atoms with Crippen molar-refractivity contribution in [2.75, 3.05) is 6.61 Å². The summed E-state index contributed by atoms with van der Waals surface area (Å²) >= 11 is 0. The average Bonchev–Trinajstić information content (AvgIpc) is 2.48. The number of hydrogen-bond donors (Lipinski definition) is 1. The van der Waals surface area contributed by atoms with Crippen LogP contribution < -0.4 is 0 Å². The predicted octanol–water partition coefficient (Wildman–Crippen LogP) is 1.71. The Hall–Kier alpha value is -0.250. The van der Waals surface area contributed by atoms with Crippen LogP contribution in [-0.4, -0.2) is 17.9 Å². The van der Waals surface area contributed by atoms with E-state index < -0.39 is 17.0 Å². The Balaban J connectivity index is 2.03. The zero-order valence-corrected chi connectivity index (χ0v) is 5.91. The third kappa shape index (κ3) is 0.662. The van der Waals surface area contributed by atoms with E-state index in [2.05, 4.69) is 0 Å². The lowest BCUT2D eigenvalue weighted by Gasteiger charge is -2.06. The van der Waals surface area contributed by atoms with E-state index in [1.165, 1.54) is 0 Å². The minimum atomic E-state index is -4.03. The van der Waals surface area contributed by atoms with E-state index >= 15 is 0 Å². The van der Waals surface area contributed by atoms with Gasteiger partial charge in [0.1, 0.15) is 0 Å².